The second-order valence-electron chi connectivity index (χ2n) is 5.63. The zero-order valence-electron chi connectivity index (χ0n) is 13.6. The van der Waals surface area contributed by atoms with Crippen molar-refractivity contribution in [2.75, 3.05) is 0 Å². The lowest BCUT2D eigenvalue weighted by atomic mass is 10.0. The van der Waals surface area contributed by atoms with Crippen LogP contribution in [-0.4, -0.2) is 11.9 Å². The van der Waals surface area contributed by atoms with Crippen molar-refractivity contribution < 1.29 is 14.3 Å². The lowest BCUT2D eigenvalue weighted by molar-refractivity contribution is -0.127. The molecule has 1 atom stereocenters. The van der Waals surface area contributed by atoms with Crippen molar-refractivity contribution in [1.29, 1.82) is 0 Å². The molecular formula is C20H17NO3S. The highest BCUT2D eigenvalue weighted by atomic mass is 32.1. The van der Waals surface area contributed by atoms with E-state index in [2.05, 4.69) is 0 Å². The number of primary amides is 1. The van der Waals surface area contributed by atoms with Crippen LogP contribution in [0.25, 0.3) is 11.1 Å². The topological polar surface area (TPSA) is 69.4 Å². The Morgan fingerprint density at radius 2 is 1.68 bits per heavy atom. The van der Waals surface area contributed by atoms with E-state index in [1.54, 1.807) is 24.3 Å². The third-order valence-corrected chi connectivity index (χ3v) is 4.69. The molecule has 2 N–H and O–H groups in total. The van der Waals surface area contributed by atoms with Gasteiger partial charge in [-0.25, -0.2) is 4.79 Å². The van der Waals surface area contributed by atoms with Crippen LogP contribution >= 0.6 is 11.3 Å². The van der Waals surface area contributed by atoms with E-state index < -0.39 is 18.0 Å². The van der Waals surface area contributed by atoms with Crippen LogP contribution in [0.3, 0.4) is 0 Å². The molecule has 126 valence electrons. The molecule has 1 amide bonds. The number of carbonyl (C=O) groups excluding carboxylic acids is 2. The third-order valence-electron chi connectivity index (χ3n) is 3.80. The average molecular weight is 351 g/mol. The number of aryl methyl sites for hydroxylation is 1. The number of thiophene rings is 1. The number of rotatable bonds is 5. The van der Waals surface area contributed by atoms with Crippen LogP contribution in [0.4, 0.5) is 0 Å². The van der Waals surface area contributed by atoms with Crippen molar-refractivity contribution in [3.05, 3.63) is 82.0 Å². The summed E-state index contributed by atoms with van der Waals surface area (Å²) in [4.78, 5) is 24.8. The van der Waals surface area contributed by atoms with E-state index in [0.29, 0.717) is 10.4 Å². The monoisotopic (exact) mass is 351 g/mol. The van der Waals surface area contributed by atoms with Crippen LogP contribution in [0.15, 0.2) is 66.0 Å². The van der Waals surface area contributed by atoms with E-state index in [4.69, 9.17) is 10.5 Å². The average Bonchev–Trinajstić information content (AvgIpc) is 3.10. The van der Waals surface area contributed by atoms with E-state index in [-0.39, 0.29) is 0 Å². The van der Waals surface area contributed by atoms with Gasteiger partial charge in [0, 0.05) is 11.1 Å². The zero-order chi connectivity index (χ0) is 17.8. The Labute approximate surface area is 149 Å². The number of hydrogen-bond donors (Lipinski definition) is 1. The predicted octanol–water partition coefficient (Wildman–Crippen LogP) is 4.11. The molecule has 3 aromatic rings. The Morgan fingerprint density at radius 3 is 2.32 bits per heavy atom. The molecule has 0 aliphatic heterocycles. The highest BCUT2D eigenvalue weighted by Crippen LogP contribution is 2.30. The number of nitrogens with two attached hydrogens (primary N) is 1. The van der Waals surface area contributed by atoms with Crippen molar-refractivity contribution in [2.45, 2.75) is 13.0 Å². The quantitative estimate of drug-likeness (QED) is 0.703. The summed E-state index contributed by atoms with van der Waals surface area (Å²) in [5, 5.41) is 1.83. The molecule has 0 saturated heterocycles. The van der Waals surface area contributed by atoms with Gasteiger partial charge in [0.1, 0.15) is 4.88 Å². The summed E-state index contributed by atoms with van der Waals surface area (Å²) in [7, 11) is 0. The first-order valence-corrected chi connectivity index (χ1v) is 8.64. The van der Waals surface area contributed by atoms with Crippen molar-refractivity contribution in [2.24, 2.45) is 5.73 Å². The minimum absolute atomic E-state index is 0.450. The molecular weight excluding hydrogens is 334 g/mol. The minimum Gasteiger partial charge on any atom is -0.443 e. The summed E-state index contributed by atoms with van der Waals surface area (Å²) >= 11 is 1.28. The van der Waals surface area contributed by atoms with Gasteiger partial charge in [-0.1, -0.05) is 60.2 Å². The van der Waals surface area contributed by atoms with Crippen LogP contribution < -0.4 is 5.73 Å². The summed E-state index contributed by atoms with van der Waals surface area (Å²) in [5.74, 6) is -1.26. The van der Waals surface area contributed by atoms with Gasteiger partial charge < -0.3 is 10.5 Å². The van der Waals surface area contributed by atoms with Crippen molar-refractivity contribution in [3.63, 3.8) is 0 Å². The van der Waals surface area contributed by atoms with Crippen LogP contribution in [-0.2, 0) is 9.53 Å². The van der Waals surface area contributed by atoms with E-state index in [9.17, 15) is 9.59 Å². The number of benzene rings is 2. The molecule has 0 saturated carbocycles. The fourth-order valence-corrected chi connectivity index (χ4v) is 3.30. The van der Waals surface area contributed by atoms with Crippen LogP contribution in [0.5, 0.6) is 0 Å². The Kier molecular flexibility index (Phi) is 4.95. The van der Waals surface area contributed by atoms with Gasteiger partial charge in [-0.15, -0.1) is 11.3 Å². The van der Waals surface area contributed by atoms with Crippen LogP contribution in [0, 0.1) is 6.92 Å². The lowest BCUT2D eigenvalue weighted by Gasteiger charge is -2.15. The first-order chi connectivity index (χ1) is 12.1. The van der Waals surface area contributed by atoms with Gasteiger partial charge in [0.25, 0.3) is 5.91 Å². The van der Waals surface area contributed by atoms with Crippen LogP contribution in [0.1, 0.15) is 26.9 Å². The minimum atomic E-state index is -1.11. The maximum Gasteiger partial charge on any atom is 0.350 e. The Balaban J connectivity index is 1.88. The summed E-state index contributed by atoms with van der Waals surface area (Å²) in [6.07, 6.45) is -1.11. The summed E-state index contributed by atoms with van der Waals surface area (Å²) in [5.41, 5.74) is 8.82. The van der Waals surface area contributed by atoms with Gasteiger partial charge in [0.15, 0.2) is 0 Å². The molecule has 0 unspecified atom stereocenters. The molecule has 0 bridgehead atoms. The smallest absolute Gasteiger partial charge is 0.350 e. The van der Waals surface area contributed by atoms with E-state index in [0.717, 1.165) is 16.7 Å². The van der Waals surface area contributed by atoms with E-state index >= 15 is 0 Å². The number of amides is 1. The number of esters is 1. The van der Waals surface area contributed by atoms with Gasteiger partial charge >= 0.3 is 5.97 Å². The second-order valence-corrected chi connectivity index (χ2v) is 6.54. The zero-order valence-corrected chi connectivity index (χ0v) is 14.5. The molecule has 1 heterocycles. The van der Waals surface area contributed by atoms with Crippen molar-refractivity contribution >= 4 is 23.2 Å². The summed E-state index contributed by atoms with van der Waals surface area (Å²) in [6.45, 7) is 2.00. The molecule has 0 fully saturated rings. The Morgan fingerprint density at radius 1 is 1.00 bits per heavy atom. The maximum absolute atomic E-state index is 12.6. The molecule has 25 heavy (non-hydrogen) atoms. The van der Waals surface area contributed by atoms with Gasteiger partial charge in [-0.05, 0) is 23.9 Å². The lowest BCUT2D eigenvalue weighted by Crippen LogP contribution is -2.26. The highest BCUT2D eigenvalue weighted by molar-refractivity contribution is 7.12. The molecule has 2 aromatic carbocycles. The molecule has 0 aliphatic carbocycles. The molecule has 5 heteroatoms. The fourth-order valence-electron chi connectivity index (χ4n) is 2.51. The third kappa shape index (κ3) is 3.78. The molecule has 0 spiro atoms. The SMILES string of the molecule is Cc1ccc(-c2ccsc2C(=O)O[C@H](C(N)=O)c2ccccc2)cc1. The largest absolute Gasteiger partial charge is 0.443 e. The van der Waals surface area contributed by atoms with E-state index in [1.807, 2.05) is 48.7 Å². The molecule has 4 nitrogen and oxygen atoms in total. The summed E-state index contributed by atoms with van der Waals surface area (Å²) < 4.78 is 5.43. The van der Waals surface area contributed by atoms with Gasteiger partial charge in [-0.3, -0.25) is 4.79 Å². The molecule has 0 radical (unpaired) electrons. The standard InChI is InChI=1S/C20H17NO3S/c1-13-7-9-14(10-8-13)16-11-12-25-18(16)20(23)24-17(19(21)22)15-5-3-2-4-6-15/h2-12,17H,1H3,(H2,21,22)/t17-/m0/s1. The molecule has 3 rings (SSSR count). The Hall–Kier alpha value is -2.92. The van der Waals surface area contributed by atoms with Gasteiger partial charge in [0.2, 0.25) is 6.10 Å². The fraction of sp³-hybridized carbons (Fsp3) is 0.100. The van der Waals surface area contributed by atoms with Crippen molar-refractivity contribution in [3.8, 4) is 11.1 Å². The maximum atomic E-state index is 12.6. The predicted molar refractivity (Wildman–Crippen MR) is 98.3 cm³/mol. The molecule has 0 aliphatic rings. The highest BCUT2D eigenvalue weighted by Gasteiger charge is 2.25. The Bertz CT molecular complexity index is 885. The molecule has 1 aromatic heterocycles. The number of hydrogen-bond acceptors (Lipinski definition) is 4. The first-order valence-electron chi connectivity index (χ1n) is 7.76. The van der Waals surface area contributed by atoms with Gasteiger partial charge in [0.05, 0.1) is 0 Å². The first kappa shape index (κ1) is 16.9. The van der Waals surface area contributed by atoms with Crippen molar-refractivity contribution in [1.82, 2.24) is 0 Å². The van der Waals surface area contributed by atoms with Gasteiger partial charge in [-0.2, -0.15) is 0 Å². The number of ether oxygens (including phenoxy) is 1. The summed E-state index contributed by atoms with van der Waals surface area (Å²) in [6, 6.07) is 18.5. The number of carbonyl (C=O) groups is 2. The normalized spacial score (nSPS) is 11.7. The van der Waals surface area contributed by atoms with Crippen LogP contribution in [0.2, 0.25) is 0 Å². The van der Waals surface area contributed by atoms with E-state index in [1.165, 1.54) is 11.3 Å². The second kappa shape index (κ2) is 7.32.